The van der Waals surface area contributed by atoms with Crippen molar-refractivity contribution in [3.63, 3.8) is 0 Å². The molecule has 0 bridgehead atoms. The molecule has 0 unspecified atom stereocenters. The molecule has 0 radical (unpaired) electrons. The number of rotatable bonds is 13. The molecule has 0 spiro atoms. The SMILES string of the molecule is CC(C)(C)CCOCCOCCOCCNC(=O)CCC(C)(C)C. The maximum Gasteiger partial charge on any atom is 0.220 e. The van der Waals surface area contributed by atoms with Gasteiger partial charge in [0.1, 0.15) is 0 Å². The van der Waals surface area contributed by atoms with E-state index in [-0.39, 0.29) is 11.3 Å². The Balaban J connectivity index is 3.24. The Labute approximate surface area is 148 Å². The molecule has 0 saturated carbocycles. The zero-order chi connectivity index (χ0) is 18.5. The fourth-order valence-electron chi connectivity index (χ4n) is 1.76. The molecule has 0 aliphatic heterocycles. The first-order valence-electron chi connectivity index (χ1n) is 9.10. The summed E-state index contributed by atoms with van der Waals surface area (Å²) in [6, 6.07) is 0. The van der Waals surface area contributed by atoms with Gasteiger partial charge in [-0.2, -0.15) is 0 Å². The molecule has 0 heterocycles. The van der Waals surface area contributed by atoms with Crippen LogP contribution in [-0.4, -0.2) is 52.1 Å². The lowest BCUT2D eigenvalue weighted by molar-refractivity contribution is -0.121. The second-order valence-corrected chi connectivity index (χ2v) is 8.56. The van der Waals surface area contributed by atoms with E-state index in [1.807, 2.05) is 0 Å². The molecule has 144 valence electrons. The molecule has 0 aromatic carbocycles. The van der Waals surface area contributed by atoms with Crippen molar-refractivity contribution in [3.05, 3.63) is 0 Å². The van der Waals surface area contributed by atoms with Gasteiger partial charge in [-0.15, -0.1) is 0 Å². The highest BCUT2D eigenvalue weighted by atomic mass is 16.5. The third-order valence-corrected chi connectivity index (χ3v) is 3.41. The van der Waals surface area contributed by atoms with Crippen molar-refractivity contribution in [1.82, 2.24) is 5.32 Å². The molecule has 0 aromatic heterocycles. The zero-order valence-corrected chi connectivity index (χ0v) is 16.7. The van der Waals surface area contributed by atoms with Crippen LogP contribution < -0.4 is 5.32 Å². The Morgan fingerprint density at radius 2 is 1.17 bits per heavy atom. The molecule has 0 atom stereocenters. The van der Waals surface area contributed by atoms with Crippen molar-refractivity contribution < 1.29 is 19.0 Å². The molecular weight excluding hydrogens is 306 g/mol. The molecule has 0 aliphatic carbocycles. The van der Waals surface area contributed by atoms with Crippen LogP contribution in [0.15, 0.2) is 0 Å². The van der Waals surface area contributed by atoms with Crippen LogP contribution in [0.1, 0.15) is 60.8 Å². The van der Waals surface area contributed by atoms with Gasteiger partial charge >= 0.3 is 0 Å². The molecule has 0 saturated heterocycles. The topological polar surface area (TPSA) is 56.8 Å². The third kappa shape index (κ3) is 19.4. The Morgan fingerprint density at radius 1 is 0.708 bits per heavy atom. The lowest BCUT2D eigenvalue weighted by Gasteiger charge is -2.17. The van der Waals surface area contributed by atoms with Crippen LogP contribution in [0.25, 0.3) is 0 Å². The van der Waals surface area contributed by atoms with Gasteiger partial charge in [0.2, 0.25) is 5.91 Å². The Morgan fingerprint density at radius 3 is 1.67 bits per heavy atom. The summed E-state index contributed by atoms with van der Waals surface area (Å²) in [5.41, 5.74) is 0.512. The minimum Gasteiger partial charge on any atom is -0.379 e. The van der Waals surface area contributed by atoms with E-state index in [0.29, 0.717) is 51.4 Å². The van der Waals surface area contributed by atoms with Gasteiger partial charge in [-0.3, -0.25) is 4.79 Å². The van der Waals surface area contributed by atoms with Crippen molar-refractivity contribution >= 4 is 5.91 Å². The number of carbonyl (C=O) groups excluding carboxylic acids is 1. The predicted molar refractivity (Wildman–Crippen MR) is 98.2 cm³/mol. The maximum absolute atomic E-state index is 11.6. The number of hydrogen-bond donors (Lipinski definition) is 1. The maximum atomic E-state index is 11.6. The van der Waals surface area contributed by atoms with Gasteiger partial charge < -0.3 is 19.5 Å². The second kappa shape index (κ2) is 12.7. The summed E-state index contributed by atoms with van der Waals surface area (Å²) in [6.07, 6.45) is 2.52. The quantitative estimate of drug-likeness (QED) is 0.520. The average molecular weight is 346 g/mol. The van der Waals surface area contributed by atoms with Crippen LogP contribution >= 0.6 is 0 Å². The molecule has 1 N–H and O–H groups in total. The first kappa shape index (κ1) is 23.4. The van der Waals surface area contributed by atoms with Gasteiger partial charge in [0.15, 0.2) is 0 Å². The molecule has 5 heteroatoms. The third-order valence-electron chi connectivity index (χ3n) is 3.41. The summed E-state index contributed by atoms with van der Waals surface area (Å²) in [4.78, 5) is 11.6. The van der Waals surface area contributed by atoms with Gasteiger partial charge in [-0.25, -0.2) is 0 Å². The number of ether oxygens (including phenoxy) is 3. The molecule has 24 heavy (non-hydrogen) atoms. The van der Waals surface area contributed by atoms with Crippen LogP contribution in [0.5, 0.6) is 0 Å². The van der Waals surface area contributed by atoms with Crippen LogP contribution in [0.4, 0.5) is 0 Å². The normalized spacial score (nSPS) is 12.4. The van der Waals surface area contributed by atoms with Crippen molar-refractivity contribution in [3.8, 4) is 0 Å². The molecule has 5 nitrogen and oxygen atoms in total. The van der Waals surface area contributed by atoms with Crippen LogP contribution in [0.3, 0.4) is 0 Å². The van der Waals surface area contributed by atoms with Gasteiger partial charge in [0.25, 0.3) is 0 Å². The fraction of sp³-hybridized carbons (Fsp3) is 0.947. The number of carbonyl (C=O) groups is 1. The second-order valence-electron chi connectivity index (χ2n) is 8.56. The van der Waals surface area contributed by atoms with Gasteiger partial charge in [0, 0.05) is 19.6 Å². The van der Waals surface area contributed by atoms with E-state index in [2.05, 4.69) is 46.9 Å². The van der Waals surface area contributed by atoms with Crippen LogP contribution in [0.2, 0.25) is 0 Å². The minimum absolute atomic E-state index is 0.0946. The zero-order valence-electron chi connectivity index (χ0n) is 16.7. The first-order chi connectivity index (χ1) is 11.1. The monoisotopic (exact) mass is 345 g/mol. The highest BCUT2D eigenvalue weighted by Gasteiger charge is 2.12. The number of hydrogen-bond acceptors (Lipinski definition) is 4. The largest absolute Gasteiger partial charge is 0.379 e. The summed E-state index contributed by atoms with van der Waals surface area (Å²) in [5.74, 6) is 0.0946. The number of amides is 1. The molecular formula is C19H39NO4. The van der Waals surface area contributed by atoms with Gasteiger partial charge in [0.05, 0.1) is 33.0 Å². The van der Waals surface area contributed by atoms with Crippen molar-refractivity contribution in [2.24, 2.45) is 10.8 Å². The summed E-state index contributed by atoms with van der Waals surface area (Å²) in [6.45, 7) is 17.2. The van der Waals surface area contributed by atoms with E-state index in [9.17, 15) is 4.79 Å². The molecule has 0 rings (SSSR count). The molecule has 0 aliphatic rings. The summed E-state index contributed by atoms with van der Waals surface area (Å²) in [5, 5.41) is 2.87. The van der Waals surface area contributed by atoms with Gasteiger partial charge in [-0.05, 0) is 23.7 Å². The van der Waals surface area contributed by atoms with E-state index >= 15 is 0 Å². The highest BCUT2D eigenvalue weighted by Crippen LogP contribution is 2.20. The summed E-state index contributed by atoms with van der Waals surface area (Å²) < 4.78 is 16.4. The first-order valence-corrected chi connectivity index (χ1v) is 9.10. The summed E-state index contributed by atoms with van der Waals surface area (Å²) >= 11 is 0. The van der Waals surface area contributed by atoms with Crippen molar-refractivity contribution in [2.75, 3.05) is 46.2 Å². The van der Waals surface area contributed by atoms with E-state index < -0.39 is 0 Å². The predicted octanol–water partition coefficient (Wildman–Crippen LogP) is 3.41. The van der Waals surface area contributed by atoms with E-state index in [0.717, 1.165) is 19.4 Å². The minimum atomic E-state index is 0.0946. The van der Waals surface area contributed by atoms with E-state index in [4.69, 9.17) is 14.2 Å². The Bertz CT molecular complexity index is 318. The molecule has 1 amide bonds. The van der Waals surface area contributed by atoms with Gasteiger partial charge in [-0.1, -0.05) is 41.5 Å². The average Bonchev–Trinajstić information content (AvgIpc) is 2.44. The highest BCUT2D eigenvalue weighted by molar-refractivity contribution is 5.75. The standard InChI is InChI=1S/C19H39NO4/c1-18(2,3)8-7-17(21)20-10-12-23-14-16-24-15-13-22-11-9-19(4,5)6/h7-16H2,1-6H3,(H,20,21). The van der Waals surface area contributed by atoms with Crippen LogP contribution in [-0.2, 0) is 19.0 Å². The molecule has 0 aromatic rings. The smallest absolute Gasteiger partial charge is 0.220 e. The van der Waals surface area contributed by atoms with Crippen molar-refractivity contribution in [2.45, 2.75) is 60.8 Å². The fourth-order valence-corrected chi connectivity index (χ4v) is 1.76. The lowest BCUT2D eigenvalue weighted by Crippen LogP contribution is -2.28. The lowest BCUT2D eigenvalue weighted by atomic mass is 9.90. The van der Waals surface area contributed by atoms with Crippen molar-refractivity contribution in [1.29, 1.82) is 0 Å². The Kier molecular flexibility index (Phi) is 12.3. The van der Waals surface area contributed by atoms with E-state index in [1.165, 1.54) is 0 Å². The Hall–Kier alpha value is -0.650. The molecule has 0 fully saturated rings. The van der Waals surface area contributed by atoms with Crippen LogP contribution in [0, 0.1) is 10.8 Å². The van der Waals surface area contributed by atoms with E-state index in [1.54, 1.807) is 0 Å². The summed E-state index contributed by atoms with van der Waals surface area (Å²) in [7, 11) is 0. The number of nitrogens with one attached hydrogen (secondary N) is 1.